The molecule has 8 heteroatoms. The van der Waals surface area contributed by atoms with Gasteiger partial charge in [0.1, 0.15) is 23.1 Å². The summed E-state index contributed by atoms with van der Waals surface area (Å²) < 4.78 is 65.0. The summed E-state index contributed by atoms with van der Waals surface area (Å²) in [6.07, 6.45) is 0.731. The third kappa shape index (κ3) is 3.29. The van der Waals surface area contributed by atoms with E-state index < -0.39 is 33.5 Å². The molecule has 26 heavy (non-hydrogen) atoms. The minimum Gasteiger partial charge on any atom is -0.330 e. The molecule has 2 aromatic carbocycles. The van der Waals surface area contributed by atoms with Crippen LogP contribution >= 0.6 is 10.8 Å². The maximum Gasteiger partial charge on any atom is 0.148 e. The minimum absolute atomic E-state index is 0.208. The molecule has 1 aliphatic heterocycles. The predicted octanol–water partition coefficient (Wildman–Crippen LogP) is 4.82. The molecule has 142 valence electrons. The van der Waals surface area contributed by atoms with Crippen LogP contribution in [-0.2, 0) is 6.42 Å². The molecule has 2 unspecified atom stereocenters. The van der Waals surface area contributed by atoms with E-state index in [1.54, 1.807) is 0 Å². The number of halogens is 3. The summed E-state index contributed by atoms with van der Waals surface area (Å²) in [7, 11) is -3.56. The number of rotatable bonds is 4. The lowest BCUT2D eigenvalue weighted by Gasteiger charge is -2.54. The normalized spacial score (nSPS) is 21.2. The lowest BCUT2D eigenvalue weighted by molar-refractivity contribution is 0.413. The Labute approximate surface area is 151 Å². The van der Waals surface area contributed by atoms with Gasteiger partial charge in [0.15, 0.2) is 0 Å². The topological polar surface area (TPSA) is 69.7 Å². The molecule has 0 bridgehead atoms. The van der Waals surface area contributed by atoms with E-state index in [9.17, 15) is 22.3 Å². The highest BCUT2D eigenvalue weighted by molar-refractivity contribution is 8.26. The quantitative estimate of drug-likeness (QED) is 0.705. The van der Waals surface area contributed by atoms with Gasteiger partial charge in [-0.2, -0.15) is 0 Å². The third-order valence-electron chi connectivity index (χ3n) is 4.74. The zero-order valence-corrected chi connectivity index (χ0v) is 15.0. The molecule has 0 aliphatic carbocycles. The Hall–Kier alpha value is -1.74. The highest BCUT2D eigenvalue weighted by Gasteiger charge is 2.43. The number of fused-ring (bicyclic) bond motifs is 1. The zero-order valence-electron chi connectivity index (χ0n) is 14.2. The van der Waals surface area contributed by atoms with Crippen LogP contribution in [0.4, 0.5) is 24.5 Å². The van der Waals surface area contributed by atoms with Crippen LogP contribution < -0.4 is 10.0 Å². The van der Waals surface area contributed by atoms with Gasteiger partial charge in [0, 0.05) is 6.07 Å². The summed E-state index contributed by atoms with van der Waals surface area (Å²) in [4.78, 5) is 0. The van der Waals surface area contributed by atoms with Gasteiger partial charge in [0.05, 0.1) is 10.9 Å². The van der Waals surface area contributed by atoms with Crippen molar-refractivity contribution in [2.75, 3.05) is 10.8 Å². The number of nitrogens with two attached hydrogens (primary N) is 1. The van der Waals surface area contributed by atoms with Crippen LogP contribution in [-0.4, -0.2) is 20.9 Å². The molecule has 3 rings (SSSR count). The first-order chi connectivity index (χ1) is 12.3. The second kappa shape index (κ2) is 7.11. The first-order valence-electron chi connectivity index (χ1n) is 8.26. The van der Waals surface area contributed by atoms with E-state index >= 15 is 0 Å². The number of hydrogen-bond donors (Lipinski definition) is 3. The summed E-state index contributed by atoms with van der Waals surface area (Å²) in [5.41, 5.74) is 6.07. The van der Waals surface area contributed by atoms with Gasteiger partial charge < -0.3 is 5.73 Å². The Morgan fingerprint density at radius 1 is 1.12 bits per heavy atom. The zero-order chi connectivity index (χ0) is 19.1. The molecule has 0 aromatic heterocycles. The minimum atomic E-state index is -3.56. The Morgan fingerprint density at radius 3 is 2.46 bits per heavy atom. The highest BCUT2D eigenvalue weighted by Crippen LogP contribution is 2.62. The van der Waals surface area contributed by atoms with Crippen LogP contribution in [0.25, 0.3) is 0 Å². The van der Waals surface area contributed by atoms with Gasteiger partial charge in [-0.15, -0.1) is 10.8 Å². The maximum atomic E-state index is 14.4. The van der Waals surface area contributed by atoms with Crippen molar-refractivity contribution in [2.45, 2.75) is 25.0 Å². The van der Waals surface area contributed by atoms with Crippen LogP contribution in [0.15, 0.2) is 36.4 Å². The number of hydrogen-bond acceptors (Lipinski definition) is 4. The molecule has 0 saturated carbocycles. The van der Waals surface area contributed by atoms with Crippen molar-refractivity contribution < 1.29 is 22.3 Å². The first-order valence-corrected chi connectivity index (χ1v) is 9.83. The van der Waals surface area contributed by atoms with E-state index in [-0.39, 0.29) is 23.7 Å². The van der Waals surface area contributed by atoms with Crippen molar-refractivity contribution >= 4 is 22.2 Å². The Morgan fingerprint density at radius 2 is 1.77 bits per heavy atom. The van der Waals surface area contributed by atoms with Crippen LogP contribution in [0, 0.1) is 23.4 Å². The number of benzene rings is 2. The average molecular weight is 386 g/mol. The Bertz CT molecular complexity index is 819. The van der Waals surface area contributed by atoms with E-state index in [1.165, 1.54) is 12.1 Å². The molecular formula is C18H21F3N2O2S. The van der Waals surface area contributed by atoms with Gasteiger partial charge in [-0.3, -0.25) is 9.11 Å². The van der Waals surface area contributed by atoms with E-state index in [1.807, 2.05) is 6.92 Å². The van der Waals surface area contributed by atoms with E-state index in [0.29, 0.717) is 18.5 Å². The summed E-state index contributed by atoms with van der Waals surface area (Å²) in [5, 5.41) is -0.692. The van der Waals surface area contributed by atoms with Gasteiger partial charge in [-0.1, -0.05) is 6.92 Å². The maximum absolute atomic E-state index is 14.4. The molecule has 2 atom stereocenters. The lowest BCUT2D eigenvalue weighted by Crippen LogP contribution is -2.41. The summed E-state index contributed by atoms with van der Waals surface area (Å²) >= 11 is 0. The van der Waals surface area contributed by atoms with Crippen molar-refractivity contribution in [3.8, 4) is 0 Å². The predicted molar refractivity (Wildman–Crippen MR) is 98.1 cm³/mol. The Balaban J connectivity index is 2.20. The fourth-order valence-corrected chi connectivity index (χ4v) is 5.73. The smallest absolute Gasteiger partial charge is 0.148 e. The van der Waals surface area contributed by atoms with Crippen molar-refractivity contribution in [3.05, 3.63) is 59.4 Å². The third-order valence-corrected chi connectivity index (χ3v) is 7.11. The fraction of sp³-hybridized carbons (Fsp3) is 0.333. The highest BCUT2D eigenvalue weighted by atomic mass is 32.3. The SMILES string of the molecule is CC(CCN)C1Cc2cc(F)ccc2N(c2cc(F)ccc2F)S1(O)O. The lowest BCUT2D eigenvalue weighted by atomic mass is 9.96. The second-order valence-corrected chi connectivity index (χ2v) is 8.61. The molecule has 0 amide bonds. The molecule has 1 aliphatic rings. The molecule has 2 aromatic rings. The van der Waals surface area contributed by atoms with E-state index in [2.05, 4.69) is 0 Å². The first kappa shape index (κ1) is 19.0. The van der Waals surface area contributed by atoms with Crippen LogP contribution in [0.1, 0.15) is 18.9 Å². The van der Waals surface area contributed by atoms with Gasteiger partial charge in [-0.25, -0.2) is 17.5 Å². The van der Waals surface area contributed by atoms with Crippen molar-refractivity contribution in [3.63, 3.8) is 0 Å². The number of anilines is 2. The van der Waals surface area contributed by atoms with Crippen LogP contribution in [0.3, 0.4) is 0 Å². The molecule has 0 fully saturated rings. The molecule has 4 nitrogen and oxygen atoms in total. The largest absolute Gasteiger partial charge is 0.330 e. The molecule has 1 heterocycles. The van der Waals surface area contributed by atoms with Crippen molar-refractivity contribution in [1.29, 1.82) is 0 Å². The van der Waals surface area contributed by atoms with Crippen molar-refractivity contribution in [1.82, 2.24) is 0 Å². The Kier molecular flexibility index (Phi) is 5.21. The van der Waals surface area contributed by atoms with Gasteiger partial charge in [0.25, 0.3) is 0 Å². The second-order valence-electron chi connectivity index (χ2n) is 6.52. The van der Waals surface area contributed by atoms with E-state index in [0.717, 1.165) is 28.6 Å². The van der Waals surface area contributed by atoms with Crippen LogP contribution in [0.2, 0.25) is 0 Å². The number of nitrogens with zero attached hydrogens (tertiary/aromatic N) is 1. The van der Waals surface area contributed by atoms with Gasteiger partial charge in [-0.05, 0) is 61.2 Å². The average Bonchev–Trinajstić information content (AvgIpc) is 2.57. The van der Waals surface area contributed by atoms with E-state index in [4.69, 9.17) is 5.73 Å². The summed E-state index contributed by atoms with van der Waals surface area (Å²) in [6, 6.07) is 6.59. The monoisotopic (exact) mass is 386 g/mol. The van der Waals surface area contributed by atoms with Gasteiger partial charge >= 0.3 is 0 Å². The van der Waals surface area contributed by atoms with Gasteiger partial charge in [0.2, 0.25) is 0 Å². The fourth-order valence-electron chi connectivity index (χ4n) is 3.40. The molecule has 0 radical (unpaired) electrons. The standard InChI is InChI=1S/C18H21F3N2O2S/c1-11(6-7-22)18-9-12-8-13(19)3-5-16(12)23(26(18,24)25)17-10-14(20)2-4-15(17)21/h2-5,8,10-11,18,24-25H,6-7,9,22H2,1H3. The molecule has 4 N–H and O–H groups in total. The molecule has 0 spiro atoms. The summed E-state index contributed by atoms with van der Waals surface area (Å²) in [5.74, 6) is -2.20. The molecule has 0 saturated heterocycles. The van der Waals surface area contributed by atoms with Crippen LogP contribution in [0.5, 0.6) is 0 Å². The summed E-state index contributed by atoms with van der Waals surface area (Å²) in [6.45, 7) is 2.16. The van der Waals surface area contributed by atoms with Crippen molar-refractivity contribution in [2.24, 2.45) is 11.7 Å². The molecular weight excluding hydrogens is 365 g/mol.